The zero-order valence-corrected chi connectivity index (χ0v) is 17.3. The minimum Gasteiger partial charge on any atom is -0.466 e. The predicted molar refractivity (Wildman–Crippen MR) is 109 cm³/mol. The van der Waals surface area contributed by atoms with Gasteiger partial charge in [0.1, 0.15) is 5.69 Å². The summed E-state index contributed by atoms with van der Waals surface area (Å²) in [4.78, 5) is 27.2. The van der Waals surface area contributed by atoms with Crippen molar-refractivity contribution in [2.24, 2.45) is 5.92 Å². The first-order valence-corrected chi connectivity index (χ1v) is 10.1. The molecule has 1 saturated heterocycles. The van der Waals surface area contributed by atoms with E-state index in [0.717, 1.165) is 17.0 Å². The molecule has 2 aromatic rings. The van der Waals surface area contributed by atoms with Crippen molar-refractivity contribution in [2.75, 3.05) is 19.7 Å². The average molecular weight is 383 g/mol. The van der Waals surface area contributed by atoms with Crippen LogP contribution in [0.15, 0.2) is 30.3 Å². The smallest absolute Gasteiger partial charge is 0.309 e. The summed E-state index contributed by atoms with van der Waals surface area (Å²) in [7, 11) is 0. The van der Waals surface area contributed by atoms with Crippen molar-refractivity contribution in [2.45, 2.75) is 47.1 Å². The summed E-state index contributed by atoms with van der Waals surface area (Å²) in [6.07, 6.45) is 1.34. The number of amides is 1. The van der Waals surface area contributed by atoms with Gasteiger partial charge in [0, 0.05) is 25.3 Å². The van der Waals surface area contributed by atoms with Crippen LogP contribution in [0.1, 0.15) is 52.6 Å². The highest BCUT2D eigenvalue weighted by molar-refractivity contribution is 5.94. The van der Waals surface area contributed by atoms with Gasteiger partial charge in [0.05, 0.1) is 12.5 Å². The normalized spacial score (nSPS) is 14.9. The van der Waals surface area contributed by atoms with Crippen LogP contribution in [0, 0.1) is 26.7 Å². The molecule has 1 fully saturated rings. The van der Waals surface area contributed by atoms with E-state index in [2.05, 4.69) is 36.6 Å². The topological polar surface area (TPSA) is 51.5 Å². The summed E-state index contributed by atoms with van der Waals surface area (Å²) < 4.78 is 7.26. The predicted octanol–water partition coefficient (Wildman–Crippen LogP) is 3.88. The molecule has 1 amide bonds. The van der Waals surface area contributed by atoms with E-state index in [1.807, 2.05) is 30.9 Å². The first-order chi connectivity index (χ1) is 13.4. The molecule has 28 heavy (non-hydrogen) atoms. The summed E-state index contributed by atoms with van der Waals surface area (Å²) in [5, 5.41) is 0. The molecule has 1 aromatic carbocycles. The Bertz CT molecular complexity index is 861. The van der Waals surface area contributed by atoms with Crippen LogP contribution in [-0.2, 0) is 16.1 Å². The summed E-state index contributed by atoms with van der Waals surface area (Å²) >= 11 is 0. The maximum atomic E-state index is 13.3. The highest BCUT2D eigenvalue weighted by Gasteiger charge is 2.30. The van der Waals surface area contributed by atoms with Gasteiger partial charge in [-0.15, -0.1) is 0 Å². The van der Waals surface area contributed by atoms with Crippen molar-refractivity contribution in [3.8, 4) is 0 Å². The number of esters is 1. The van der Waals surface area contributed by atoms with Crippen molar-refractivity contribution in [1.82, 2.24) is 9.47 Å². The summed E-state index contributed by atoms with van der Waals surface area (Å²) in [6.45, 7) is 10.3. The van der Waals surface area contributed by atoms with Crippen LogP contribution in [0.2, 0.25) is 0 Å². The lowest BCUT2D eigenvalue weighted by atomic mass is 9.96. The largest absolute Gasteiger partial charge is 0.466 e. The number of rotatable bonds is 5. The second-order valence-corrected chi connectivity index (χ2v) is 7.65. The minimum absolute atomic E-state index is 0.0569. The fraction of sp³-hybridized carbons (Fsp3) is 0.478. The third kappa shape index (κ3) is 4.13. The van der Waals surface area contributed by atoms with Crippen LogP contribution in [0.4, 0.5) is 0 Å². The lowest BCUT2D eigenvalue weighted by molar-refractivity contribution is -0.149. The van der Waals surface area contributed by atoms with Crippen molar-refractivity contribution < 1.29 is 14.3 Å². The standard InChI is InChI=1S/C23H30N2O3/c1-5-28-23(27)19-10-12-24(13-11-19)22(26)21-17(3)14-18(4)25(21)15-20-9-7-6-8-16(20)2/h6-9,14,19H,5,10-13,15H2,1-4H3. The van der Waals surface area contributed by atoms with Crippen LogP contribution >= 0.6 is 0 Å². The van der Waals surface area contributed by atoms with Crippen LogP contribution in [0.25, 0.3) is 0 Å². The molecule has 0 atom stereocenters. The van der Waals surface area contributed by atoms with E-state index >= 15 is 0 Å². The van der Waals surface area contributed by atoms with Crippen LogP contribution in [0.3, 0.4) is 0 Å². The fourth-order valence-electron chi connectivity index (χ4n) is 4.02. The van der Waals surface area contributed by atoms with Gasteiger partial charge in [-0.25, -0.2) is 0 Å². The van der Waals surface area contributed by atoms with E-state index in [1.165, 1.54) is 11.1 Å². The van der Waals surface area contributed by atoms with Gasteiger partial charge in [-0.3, -0.25) is 9.59 Å². The Morgan fingerprint density at radius 3 is 2.39 bits per heavy atom. The Kier molecular flexibility index (Phi) is 6.22. The maximum absolute atomic E-state index is 13.3. The van der Waals surface area contributed by atoms with Gasteiger partial charge < -0.3 is 14.2 Å². The maximum Gasteiger partial charge on any atom is 0.309 e. The van der Waals surface area contributed by atoms with E-state index in [0.29, 0.717) is 39.1 Å². The molecule has 1 aliphatic heterocycles. The van der Waals surface area contributed by atoms with Crippen LogP contribution in [0.5, 0.6) is 0 Å². The van der Waals surface area contributed by atoms with Gasteiger partial charge in [-0.05, 0) is 63.3 Å². The Hall–Kier alpha value is -2.56. The number of aromatic nitrogens is 1. The lowest BCUT2D eigenvalue weighted by Crippen LogP contribution is -2.41. The first-order valence-electron chi connectivity index (χ1n) is 10.1. The molecule has 5 nitrogen and oxygen atoms in total. The first kappa shape index (κ1) is 20.2. The van der Waals surface area contributed by atoms with E-state index in [4.69, 9.17) is 4.74 Å². The third-order valence-electron chi connectivity index (χ3n) is 5.69. The van der Waals surface area contributed by atoms with Crippen molar-refractivity contribution >= 4 is 11.9 Å². The number of carbonyl (C=O) groups is 2. The van der Waals surface area contributed by atoms with Crippen LogP contribution < -0.4 is 0 Å². The average Bonchev–Trinajstić information content (AvgIpc) is 2.96. The molecule has 0 spiro atoms. The van der Waals surface area contributed by atoms with E-state index in [-0.39, 0.29) is 17.8 Å². The summed E-state index contributed by atoms with van der Waals surface area (Å²) in [5.74, 6) is -0.170. The quantitative estimate of drug-likeness (QED) is 0.738. The molecule has 0 bridgehead atoms. The fourth-order valence-corrected chi connectivity index (χ4v) is 4.02. The van der Waals surface area contributed by atoms with Gasteiger partial charge in [0.15, 0.2) is 0 Å². The summed E-state index contributed by atoms with van der Waals surface area (Å²) in [6, 6.07) is 10.4. The number of hydrogen-bond acceptors (Lipinski definition) is 3. The molecular weight excluding hydrogens is 352 g/mol. The molecule has 2 heterocycles. The monoisotopic (exact) mass is 382 g/mol. The van der Waals surface area contributed by atoms with Gasteiger partial charge in [0.2, 0.25) is 0 Å². The molecule has 1 aromatic heterocycles. The number of likely N-dealkylation sites (tertiary alicyclic amines) is 1. The molecule has 3 rings (SSSR count). The molecule has 0 unspecified atom stereocenters. The van der Waals surface area contributed by atoms with Gasteiger partial charge in [0.25, 0.3) is 5.91 Å². The highest BCUT2D eigenvalue weighted by atomic mass is 16.5. The highest BCUT2D eigenvalue weighted by Crippen LogP contribution is 2.24. The van der Waals surface area contributed by atoms with E-state index in [9.17, 15) is 9.59 Å². The Morgan fingerprint density at radius 2 is 1.75 bits per heavy atom. The Morgan fingerprint density at radius 1 is 1.07 bits per heavy atom. The molecule has 0 radical (unpaired) electrons. The number of aryl methyl sites for hydroxylation is 3. The van der Waals surface area contributed by atoms with E-state index in [1.54, 1.807) is 0 Å². The SMILES string of the molecule is CCOC(=O)C1CCN(C(=O)c2c(C)cc(C)n2Cc2ccccc2C)CC1. The van der Waals surface area contributed by atoms with Crippen molar-refractivity contribution in [3.63, 3.8) is 0 Å². The van der Waals surface area contributed by atoms with Crippen molar-refractivity contribution in [1.29, 1.82) is 0 Å². The number of piperidine rings is 1. The molecule has 5 heteroatoms. The molecular formula is C23H30N2O3. The zero-order chi connectivity index (χ0) is 20.3. The molecule has 150 valence electrons. The number of carbonyl (C=O) groups excluding carboxylic acids is 2. The third-order valence-corrected chi connectivity index (χ3v) is 5.69. The Labute approximate surface area is 167 Å². The van der Waals surface area contributed by atoms with E-state index < -0.39 is 0 Å². The molecule has 1 aliphatic rings. The molecule has 0 saturated carbocycles. The number of benzene rings is 1. The second-order valence-electron chi connectivity index (χ2n) is 7.65. The number of nitrogens with zero attached hydrogens (tertiary/aromatic N) is 2. The van der Waals surface area contributed by atoms with Gasteiger partial charge in [-0.2, -0.15) is 0 Å². The Balaban J connectivity index is 1.78. The number of hydrogen-bond donors (Lipinski definition) is 0. The molecule has 0 aliphatic carbocycles. The van der Waals surface area contributed by atoms with Crippen LogP contribution in [-0.4, -0.2) is 41.0 Å². The van der Waals surface area contributed by atoms with Crippen molar-refractivity contribution in [3.05, 3.63) is 58.4 Å². The zero-order valence-electron chi connectivity index (χ0n) is 17.3. The molecule has 0 N–H and O–H groups in total. The van der Waals surface area contributed by atoms with Gasteiger partial charge >= 0.3 is 5.97 Å². The minimum atomic E-state index is -0.135. The second kappa shape index (κ2) is 8.63. The van der Waals surface area contributed by atoms with Gasteiger partial charge in [-0.1, -0.05) is 24.3 Å². The lowest BCUT2D eigenvalue weighted by Gasteiger charge is -2.31. The number of ether oxygens (including phenoxy) is 1. The summed E-state index contributed by atoms with van der Waals surface area (Å²) in [5.41, 5.74) is 5.29.